The molecule has 4 rings (SSSR count). The van der Waals surface area contributed by atoms with Crippen molar-refractivity contribution in [3.05, 3.63) is 65.2 Å². The number of furan rings is 1. The normalized spacial score (nSPS) is 15.4. The van der Waals surface area contributed by atoms with E-state index < -0.39 is 0 Å². The third kappa shape index (κ3) is 4.55. The van der Waals surface area contributed by atoms with Crippen LogP contribution in [0.5, 0.6) is 5.75 Å². The number of nitrogens with zero attached hydrogens (tertiary/aromatic N) is 3. The fourth-order valence-electron chi connectivity index (χ4n) is 4.26. The minimum atomic E-state index is 0.0455. The maximum Gasteiger partial charge on any atom is 0.246 e. The second kappa shape index (κ2) is 9.57. The van der Waals surface area contributed by atoms with E-state index in [1.807, 2.05) is 57.0 Å². The Kier molecular flexibility index (Phi) is 6.61. The van der Waals surface area contributed by atoms with Gasteiger partial charge in [-0.1, -0.05) is 6.07 Å². The van der Waals surface area contributed by atoms with E-state index >= 15 is 0 Å². The molecule has 2 aromatic heterocycles. The molecule has 1 aromatic carbocycles. The maximum absolute atomic E-state index is 13.0. The number of allylic oxidation sites excluding steroid dienone is 1. The number of rotatable bonds is 6. The number of benzene rings is 1. The lowest BCUT2D eigenvalue weighted by Crippen LogP contribution is -2.47. The summed E-state index contributed by atoms with van der Waals surface area (Å²) in [5.74, 6) is 0.834. The number of aromatic nitrogens is 1. The number of fused-ring (bicyclic) bond motifs is 1. The largest absolute Gasteiger partial charge is 0.493 e. The molecule has 0 radical (unpaired) electrons. The van der Waals surface area contributed by atoms with Crippen LogP contribution in [0.25, 0.3) is 16.5 Å². The Labute approximate surface area is 189 Å². The van der Waals surface area contributed by atoms with Gasteiger partial charge in [-0.05, 0) is 57.0 Å². The summed E-state index contributed by atoms with van der Waals surface area (Å²) in [4.78, 5) is 21.7. The summed E-state index contributed by atoms with van der Waals surface area (Å²) in [6.45, 7) is 12.5. The van der Waals surface area contributed by atoms with E-state index in [1.54, 1.807) is 12.3 Å². The second-order valence-electron chi connectivity index (χ2n) is 8.36. The van der Waals surface area contributed by atoms with Crippen LogP contribution in [0.3, 0.4) is 0 Å². The molecular weight excluding hydrogens is 402 g/mol. The minimum absolute atomic E-state index is 0.0455. The fraction of sp³-hybridized carbons (Fsp3) is 0.385. The summed E-state index contributed by atoms with van der Waals surface area (Å²) in [5, 5.41) is 1.06. The predicted molar refractivity (Wildman–Crippen MR) is 127 cm³/mol. The van der Waals surface area contributed by atoms with Gasteiger partial charge in [0.15, 0.2) is 0 Å². The van der Waals surface area contributed by atoms with E-state index in [1.165, 1.54) is 0 Å². The molecule has 1 aliphatic rings. The van der Waals surface area contributed by atoms with Crippen LogP contribution in [0.2, 0.25) is 0 Å². The van der Waals surface area contributed by atoms with Gasteiger partial charge in [-0.25, -0.2) is 0 Å². The molecular formula is C26H31N3O3. The summed E-state index contributed by atoms with van der Waals surface area (Å²) in [7, 11) is 0. The monoisotopic (exact) mass is 433 g/mol. The lowest BCUT2D eigenvalue weighted by atomic mass is 9.98. The van der Waals surface area contributed by atoms with Crippen molar-refractivity contribution in [2.45, 2.75) is 34.2 Å². The molecule has 6 nitrogen and oxygen atoms in total. The molecule has 3 heterocycles. The number of hydrogen-bond donors (Lipinski definition) is 0. The Hall–Kier alpha value is -3.12. The van der Waals surface area contributed by atoms with Gasteiger partial charge in [-0.15, -0.1) is 0 Å². The fourth-order valence-corrected chi connectivity index (χ4v) is 4.26. The first-order valence-corrected chi connectivity index (χ1v) is 11.2. The molecule has 1 fully saturated rings. The van der Waals surface area contributed by atoms with E-state index in [2.05, 4.69) is 16.0 Å². The maximum atomic E-state index is 13.0. The number of carbonyl (C=O) groups excluding carboxylic acids is 1. The lowest BCUT2D eigenvalue weighted by molar-refractivity contribution is -0.127. The van der Waals surface area contributed by atoms with Gasteiger partial charge in [0.1, 0.15) is 11.3 Å². The van der Waals surface area contributed by atoms with Crippen molar-refractivity contribution in [3.8, 4) is 5.75 Å². The molecule has 0 spiro atoms. The zero-order chi connectivity index (χ0) is 22.7. The number of aryl methyl sites for hydroxylation is 2. The van der Waals surface area contributed by atoms with Crippen LogP contribution in [-0.2, 0) is 11.3 Å². The lowest BCUT2D eigenvalue weighted by Gasteiger charge is -2.34. The van der Waals surface area contributed by atoms with Crippen LogP contribution in [0.1, 0.15) is 36.2 Å². The van der Waals surface area contributed by atoms with E-state index in [0.717, 1.165) is 64.3 Å². The summed E-state index contributed by atoms with van der Waals surface area (Å²) >= 11 is 0. The molecule has 1 amide bonds. The second-order valence-corrected chi connectivity index (χ2v) is 8.36. The van der Waals surface area contributed by atoms with Gasteiger partial charge in [-0.2, -0.15) is 0 Å². The third-order valence-electron chi connectivity index (χ3n) is 6.09. The molecule has 0 N–H and O–H groups in total. The molecule has 0 unspecified atom stereocenters. The van der Waals surface area contributed by atoms with Crippen LogP contribution in [0, 0.1) is 13.8 Å². The Balaban J connectivity index is 1.49. The molecule has 0 aliphatic carbocycles. The number of pyridine rings is 1. The van der Waals surface area contributed by atoms with Gasteiger partial charge >= 0.3 is 0 Å². The number of piperazine rings is 1. The standard InChI is InChI=1S/C26H31N3O3/c1-5-31-25-20(4)26-23(19(3)17-32-26)15-22(25)18(2)14-24(30)29-12-10-28(11-13-29)16-21-8-6-7-9-27-21/h6-9,14-15,17H,5,10-13,16H2,1-4H3/b18-14+. The van der Waals surface area contributed by atoms with Crippen LogP contribution in [-0.4, -0.2) is 53.5 Å². The number of ether oxygens (including phenoxy) is 1. The van der Waals surface area contributed by atoms with Crippen molar-refractivity contribution in [1.29, 1.82) is 0 Å². The van der Waals surface area contributed by atoms with Crippen molar-refractivity contribution < 1.29 is 13.9 Å². The zero-order valence-electron chi connectivity index (χ0n) is 19.4. The smallest absolute Gasteiger partial charge is 0.246 e. The first-order valence-electron chi connectivity index (χ1n) is 11.2. The molecule has 3 aromatic rings. The summed E-state index contributed by atoms with van der Waals surface area (Å²) in [6, 6.07) is 8.06. The van der Waals surface area contributed by atoms with Gasteiger partial charge < -0.3 is 14.1 Å². The highest BCUT2D eigenvalue weighted by Crippen LogP contribution is 2.37. The van der Waals surface area contributed by atoms with Crippen molar-refractivity contribution in [3.63, 3.8) is 0 Å². The highest BCUT2D eigenvalue weighted by molar-refractivity contribution is 5.98. The topological polar surface area (TPSA) is 58.8 Å². The molecule has 0 saturated carbocycles. The SMILES string of the molecule is CCOc1c(/C(C)=C/C(=O)N2CCN(Cc3ccccn3)CC2)cc2c(C)coc2c1C. The Bertz CT molecular complexity index is 1130. The van der Waals surface area contributed by atoms with E-state index in [4.69, 9.17) is 9.15 Å². The predicted octanol–water partition coefficient (Wildman–Crippen LogP) is 4.59. The van der Waals surface area contributed by atoms with Gasteiger partial charge in [0, 0.05) is 61.5 Å². The molecule has 32 heavy (non-hydrogen) atoms. The third-order valence-corrected chi connectivity index (χ3v) is 6.09. The zero-order valence-corrected chi connectivity index (χ0v) is 19.4. The van der Waals surface area contributed by atoms with Crippen LogP contribution >= 0.6 is 0 Å². The van der Waals surface area contributed by atoms with Gasteiger partial charge in [0.05, 0.1) is 18.6 Å². The van der Waals surface area contributed by atoms with Crippen LogP contribution in [0.15, 0.2) is 47.2 Å². The molecule has 0 bridgehead atoms. The van der Waals surface area contributed by atoms with Gasteiger partial charge in [0.25, 0.3) is 0 Å². The average molecular weight is 434 g/mol. The Morgan fingerprint density at radius 2 is 2.00 bits per heavy atom. The summed E-state index contributed by atoms with van der Waals surface area (Å²) in [5.41, 5.74) is 5.81. The quantitative estimate of drug-likeness (QED) is 0.532. The van der Waals surface area contributed by atoms with Crippen molar-refractivity contribution in [2.75, 3.05) is 32.8 Å². The van der Waals surface area contributed by atoms with Gasteiger partial charge in [0.2, 0.25) is 5.91 Å². The molecule has 6 heteroatoms. The number of hydrogen-bond acceptors (Lipinski definition) is 5. The Morgan fingerprint density at radius 1 is 1.22 bits per heavy atom. The molecule has 0 atom stereocenters. The summed E-state index contributed by atoms with van der Waals surface area (Å²) < 4.78 is 11.7. The molecule has 1 aliphatic heterocycles. The van der Waals surface area contributed by atoms with E-state index in [0.29, 0.717) is 19.7 Å². The van der Waals surface area contributed by atoms with E-state index in [-0.39, 0.29) is 5.91 Å². The molecule has 168 valence electrons. The highest BCUT2D eigenvalue weighted by Gasteiger charge is 2.22. The van der Waals surface area contributed by atoms with Gasteiger partial charge in [-0.3, -0.25) is 14.7 Å². The number of amides is 1. The van der Waals surface area contributed by atoms with Crippen LogP contribution in [0.4, 0.5) is 0 Å². The number of carbonyl (C=O) groups is 1. The average Bonchev–Trinajstić information content (AvgIpc) is 3.17. The minimum Gasteiger partial charge on any atom is -0.493 e. The van der Waals surface area contributed by atoms with Crippen molar-refractivity contribution in [1.82, 2.24) is 14.8 Å². The first kappa shape index (κ1) is 22.1. The first-order chi connectivity index (χ1) is 15.5. The summed E-state index contributed by atoms with van der Waals surface area (Å²) in [6.07, 6.45) is 5.34. The van der Waals surface area contributed by atoms with E-state index in [9.17, 15) is 4.79 Å². The highest BCUT2D eigenvalue weighted by atomic mass is 16.5. The van der Waals surface area contributed by atoms with Crippen molar-refractivity contribution in [2.24, 2.45) is 0 Å². The van der Waals surface area contributed by atoms with Crippen molar-refractivity contribution >= 4 is 22.4 Å². The van der Waals surface area contributed by atoms with Crippen LogP contribution < -0.4 is 4.74 Å². The molecule has 1 saturated heterocycles. The Morgan fingerprint density at radius 3 is 2.69 bits per heavy atom.